The Bertz CT molecular complexity index is 714. The molecule has 1 unspecified atom stereocenters. The molecular weight excluding hydrogens is 382 g/mol. The van der Waals surface area contributed by atoms with Crippen LogP contribution in [-0.2, 0) is 16.1 Å². The second-order valence-electron chi connectivity index (χ2n) is 4.83. The van der Waals surface area contributed by atoms with E-state index < -0.39 is 17.9 Å². The fraction of sp³-hybridized carbons (Fsp3) is 0.250. The Balaban J connectivity index is 1.94. The Labute approximate surface area is 146 Å². The number of carbonyl (C=O) groups is 2. The first-order valence-corrected chi connectivity index (χ1v) is 7.78. The molecular formula is C16H16BrNO6. The van der Waals surface area contributed by atoms with Crippen molar-refractivity contribution in [1.29, 1.82) is 0 Å². The van der Waals surface area contributed by atoms with Crippen LogP contribution in [0.25, 0.3) is 0 Å². The van der Waals surface area contributed by atoms with E-state index in [-0.39, 0.29) is 19.0 Å². The SMILES string of the molecule is COCC(NC(=O)c1ccc(COc2cccc(Br)c2)o1)C(=O)O. The van der Waals surface area contributed by atoms with Crippen LogP contribution in [0.5, 0.6) is 5.75 Å². The lowest BCUT2D eigenvalue weighted by Crippen LogP contribution is -2.43. The van der Waals surface area contributed by atoms with E-state index in [1.807, 2.05) is 12.1 Å². The Hall–Kier alpha value is -2.32. The van der Waals surface area contributed by atoms with Crippen molar-refractivity contribution in [2.24, 2.45) is 0 Å². The molecule has 0 aliphatic rings. The van der Waals surface area contributed by atoms with Gasteiger partial charge in [-0.1, -0.05) is 22.0 Å². The summed E-state index contributed by atoms with van der Waals surface area (Å²) in [5.41, 5.74) is 0. The first-order chi connectivity index (χ1) is 11.5. The van der Waals surface area contributed by atoms with Crippen LogP contribution in [0.15, 0.2) is 45.3 Å². The molecule has 128 valence electrons. The first-order valence-electron chi connectivity index (χ1n) is 6.99. The molecule has 2 N–H and O–H groups in total. The van der Waals surface area contributed by atoms with Crippen LogP contribution in [0.1, 0.15) is 16.3 Å². The van der Waals surface area contributed by atoms with E-state index in [4.69, 9.17) is 19.0 Å². The summed E-state index contributed by atoms with van der Waals surface area (Å²) in [4.78, 5) is 23.0. The maximum Gasteiger partial charge on any atom is 0.328 e. The van der Waals surface area contributed by atoms with E-state index in [1.165, 1.54) is 13.2 Å². The number of ether oxygens (including phenoxy) is 2. The molecule has 0 aliphatic heterocycles. The normalized spacial score (nSPS) is 11.8. The number of carbonyl (C=O) groups excluding carboxylic acids is 1. The minimum Gasteiger partial charge on any atom is -0.486 e. The van der Waals surface area contributed by atoms with E-state index in [0.717, 1.165) is 4.47 Å². The third kappa shape index (κ3) is 5.10. The van der Waals surface area contributed by atoms with Crippen LogP contribution >= 0.6 is 15.9 Å². The molecule has 0 saturated carbocycles. The highest BCUT2D eigenvalue weighted by Crippen LogP contribution is 2.19. The molecule has 0 fully saturated rings. The smallest absolute Gasteiger partial charge is 0.328 e. The first kappa shape index (κ1) is 18.0. The van der Waals surface area contributed by atoms with Gasteiger partial charge in [-0.3, -0.25) is 4.79 Å². The number of aliphatic carboxylic acids is 1. The highest BCUT2D eigenvalue weighted by molar-refractivity contribution is 9.10. The van der Waals surface area contributed by atoms with Crippen molar-refractivity contribution >= 4 is 27.8 Å². The molecule has 0 radical (unpaired) electrons. The van der Waals surface area contributed by atoms with Gasteiger partial charge in [-0.15, -0.1) is 0 Å². The molecule has 0 spiro atoms. The van der Waals surface area contributed by atoms with Gasteiger partial charge >= 0.3 is 5.97 Å². The molecule has 1 aromatic heterocycles. The molecule has 1 atom stereocenters. The van der Waals surface area contributed by atoms with Crippen molar-refractivity contribution in [3.8, 4) is 5.75 Å². The van der Waals surface area contributed by atoms with Crippen molar-refractivity contribution in [2.75, 3.05) is 13.7 Å². The zero-order valence-corrected chi connectivity index (χ0v) is 14.4. The highest BCUT2D eigenvalue weighted by atomic mass is 79.9. The average Bonchev–Trinajstić information content (AvgIpc) is 3.01. The number of carboxylic acids is 1. The van der Waals surface area contributed by atoms with Gasteiger partial charge in [-0.05, 0) is 30.3 Å². The average molecular weight is 398 g/mol. The van der Waals surface area contributed by atoms with Crippen molar-refractivity contribution < 1.29 is 28.6 Å². The summed E-state index contributed by atoms with van der Waals surface area (Å²) in [5, 5.41) is 11.3. The number of hydrogen-bond acceptors (Lipinski definition) is 5. The molecule has 1 amide bonds. The molecule has 1 aromatic carbocycles. The standard InChI is InChI=1S/C16H16BrNO6/c1-22-9-13(16(20)21)18-15(19)14-6-5-12(24-14)8-23-11-4-2-3-10(17)7-11/h2-7,13H,8-9H2,1H3,(H,18,19)(H,20,21). The van der Waals surface area contributed by atoms with Crippen molar-refractivity contribution in [3.63, 3.8) is 0 Å². The van der Waals surface area contributed by atoms with E-state index in [2.05, 4.69) is 21.2 Å². The van der Waals surface area contributed by atoms with Gasteiger partial charge in [0.1, 0.15) is 18.1 Å². The zero-order valence-electron chi connectivity index (χ0n) is 12.8. The number of halogens is 1. The summed E-state index contributed by atoms with van der Waals surface area (Å²) in [7, 11) is 1.35. The van der Waals surface area contributed by atoms with Crippen LogP contribution in [0.4, 0.5) is 0 Å². The lowest BCUT2D eigenvalue weighted by molar-refractivity contribution is -0.140. The molecule has 8 heteroatoms. The number of furan rings is 1. The predicted molar refractivity (Wildman–Crippen MR) is 87.9 cm³/mol. The van der Waals surface area contributed by atoms with Crippen molar-refractivity contribution in [3.05, 3.63) is 52.4 Å². The minimum absolute atomic E-state index is 0.00481. The van der Waals surface area contributed by atoms with E-state index in [9.17, 15) is 9.59 Å². The number of nitrogens with one attached hydrogen (secondary N) is 1. The zero-order chi connectivity index (χ0) is 17.5. The monoisotopic (exact) mass is 397 g/mol. The van der Waals surface area contributed by atoms with E-state index in [1.54, 1.807) is 18.2 Å². The molecule has 1 heterocycles. The Kier molecular flexibility index (Phi) is 6.39. The third-order valence-corrected chi connectivity index (χ3v) is 3.49. The van der Waals surface area contributed by atoms with Crippen LogP contribution in [0, 0.1) is 0 Å². The molecule has 7 nitrogen and oxygen atoms in total. The van der Waals surface area contributed by atoms with Gasteiger partial charge in [0.05, 0.1) is 6.61 Å². The summed E-state index contributed by atoms with van der Waals surface area (Å²) < 4.78 is 16.6. The van der Waals surface area contributed by atoms with Crippen molar-refractivity contribution in [1.82, 2.24) is 5.32 Å². The highest BCUT2D eigenvalue weighted by Gasteiger charge is 2.22. The number of benzene rings is 1. The maximum absolute atomic E-state index is 12.0. The molecule has 2 aromatic rings. The fourth-order valence-corrected chi connectivity index (χ4v) is 2.24. The molecule has 24 heavy (non-hydrogen) atoms. The molecule has 0 saturated heterocycles. The van der Waals surface area contributed by atoms with Gasteiger partial charge in [0, 0.05) is 11.6 Å². The molecule has 0 bridgehead atoms. The number of carboxylic acid groups (broad SMARTS) is 1. The second-order valence-corrected chi connectivity index (χ2v) is 5.75. The molecule has 2 rings (SSSR count). The second kappa shape index (κ2) is 8.51. The van der Waals surface area contributed by atoms with Gasteiger partial charge in [-0.2, -0.15) is 0 Å². The van der Waals surface area contributed by atoms with Crippen LogP contribution < -0.4 is 10.1 Å². The Morgan fingerprint density at radius 1 is 1.33 bits per heavy atom. The van der Waals surface area contributed by atoms with Gasteiger partial charge < -0.3 is 24.3 Å². The van der Waals surface area contributed by atoms with Crippen LogP contribution in [0.2, 0.25) is 0 Å². The largest absolute Gasteiger partial charge is 0.486 e. The Morgan fingerprint density at radius 2 is 2.12 bits per heavy atom. The lowest BCUT2D eigenvalue weighted by Gasteiger charge is -2.12. The van der Waals surface area contributed by atoms with Crippen LogP contribution in [0.3, 0.4) is 0 Å². The third-order valence-electron chi connectivity index (χ3n) is 3.00. The molecule has 0 aliphatic carbocycles. The minimum atomic E-state index is -1.19. The summed E-state index contributed by atoms with van der Waals surface area (Å²) in [6, 6.07) is 9.22. The summed E-state index contributed by atoms with van der Waals surface area (Å²) in [5.74, 6) is -0.718. The van der Waals surface area contributed by atoms with Gasteiger partial charge in [0.25, 0.3) is 5.91 Å². The predicted octanol–water partition coefficient (Wildman–Crippen LogP) is 2.45. The van der Waals surface area contributed by atoms with Gasteiger partial charge in [0.15, 0.2) is 11.8 Å². The topological polar surface area (TPSA) is 98.0 Å². The van der Waals surface area contributed by atoms with Gasteiger partial charge in [-0.25, -0.2) is 4.79 Å². The number of amides is 1. The Morgan fingerprint density at radius 3 is 2.79 bits per heavy atom. The quantitative estimate of drug-likeness (QED) is 0.709. The van der Waals surface area contributed by atoms with E-state index in [0.29, 0.717) is 11.5 Å². The number of methoxy groups -OCH3 is 1. The number of hydrogen-bond donors (Lipinski definition) is 2. The summed E-state index contributed by atoms with van der Waals surface area (Å²) >= 11 is 3.34. The van der Waals surface area contributed by atoms with Gasteiger partial charge in [0.2, 0.25) is 0 Å². The number of rotatable bonds is 8. The van der Waals surface area contributed by atoms with E-state index >= 15 is 0 Å². The summed E-state index contributed by atoms with van der Waals surface area (Å²) in [6.07, 6.45) is 0. The fourth-order valence-electron chi connectivity index (χ4n) is 1.86. The lowest BCUT2D eigenvalue weighted by atomic mass is 10.3. The summed E-state index contributed by atoms with van der Waals surface area (Å²) in [6.45, 7) is 0.00476. The van der Waals surface area contributed by atoms with Crippen molar-refractivity contribution in [2.45, 2.75) is 12.6 Å². The maximum atomic E-state index is 12.0. The van der Waals surface area contributed by atoms with Crippen LogP contribution in [-0.4, -0.2) is 36.7 Å².